The van der Waals surface area contributed by atoms with E-state index in [0.29, 0.717) is 62.6 Å². The summed E-state index contributed by atoms with van der Waals surface area (Å²) in [5, 5.41) is 4.38. The molecule has 2 aliphatic rings. The average molecular weight is 606 g/mol. The first kappa shape index (κ1) is 29.3. The molecular weight excluding hydrogens is 570 g/mol. The van der Waals surface area contributed by atoms with Gasteiger partial charge >= 0.3 is 0 Å². The van der Waals surface area contributed by atoms with E-state index in [9.17, 15) is 8.42 Å². The molecule has 4 heterocycles. The zero-order chi connectivity index (χ0) is 29.0. The number of fused-ring (bicyclic) bond motifs is 1. The second-order valence-corrected chi connectivity index (χ2v) is 12.8. The molecule has 0 spiro atoms. The van der Waals surface area contributed by atoms with Gasteiger partial charge < -0.3 is 23.8 Å². The highest BCUT2D eigenvalue weighted by Gasteiger charge is 2.25. The van der Waals surface area contributed by atoms with Crippen LogP contribution in [0, 0.1) is 0 Å². The maximum Gasteiger partial charge on any atom is 0.246 e. The van der Waals surface area contributed by atoms with Crippen molar-refractivity contribution in [1.82, 2.24) is 19.2 Å². The first-order chi connectivity index (χ1) is 19.8. The van der Waals surface area contributed by atoms with Crippen LogP contribution < -0.4 is 24.5 Å². The Morgan fingerprint density at radius 1 is 1.00 bits per heavy atom. The van der Waals surface area contributed by atoms with Crippen LogP contribution in [-0.4, -0.2) is 114 Å². The number of hydrogen-bond acceptors (Lipinski definition) is 13. The van der Waals surface area contributed by atoms with Gasteiger partial charge in [0.25, 0.3) is 0 Å². The number of ether oxygens (including phenoxy) is 4. The fraction of sp³-hybridized carbons (Fsp3) is 0.500. The van der Waals surface area contributed by atoms with Gasteiger partial charge in [0.15, 0.2) is 17.3 Å². The second-order valence-electron chi connectivity index (χ2n) is 9.66. The second kappa shape index (κ2) is 12.7. The van der Waals surface area contributed by atoms with E-state index in [1.807, 2.05) is 0 Å². The molecule has 1 aromatic carbocycles. The van der Waals surface area contributed by atoms with E-state index in [1.54, 1.807) is 51.0 Å². The molecule has 2 saturated heterocycles. The summed E-state index contributed by atoms with van der Waals surface area (Å²) in [6.07, 6.45) is 2.91. The molecule has 2 fully saturated rings. The minimum atomic E-state index is -3.16. The summed E-state index contributed by atoms with van der Waals surface area (Å²) >= 11 is 1.67. The highest BCUT2D eigenvalue weighted by molar-refractivity contribution is 7.88. The van der Waals surface area contributed by atoms with Crippen molar-refractivity contribution >= 4 is 49.6 Å². The normalized spacial score (nSPS) is 17.3. The lowest BCUT2D eigenvalue weighted by atomic mass is 10.2. The van der Waals surface area contributed by atoms with Gasteiger partial charge in [-0.05, 0) is 18.2 Å². The number of anilines is 2. The summed E-state index contributed by atoms with van der Waals surface area (Å²) in [5.41, 5.74) is 4.57. The van der Waals surface area contributed by atoms with Crippen LogP contribution in [-0.2, 0) is 21.3 Å². The van der Waals surface area contributed by atoms with Crippen molar-refractivity contribution in [2.75, 3.05) is 90.4 Å². The number of sulfonamides is 1. The van der Waals surface area contributed by atoms with Gasteiger partial charge in [-0.1, -0.05) is 0 Å². The molecule has 0 radical (unpaired) electrons. The Kier molecular flexibility index (Phi) is 9.09. The van der Waals surface area contributed by atoms with Crippen LogP contribution in [0.2, 0.25) is 0 Å². The summed E-state index contributed by atoms with van der Waals surface area (Å²) in [6.45, 7) is 5.84. The van der Waals surface area contributed by atoms with Gasteiger partial charge in [0.2, 0.25) is 21.7 Å². The van der Waals surface area contributed by atoms with Crippen LogP contribution in [0.3, 0.4) is 0 Å². The first-order valence-electron chi connectivity index (χ1n) is 13.2. The summed E-state index contributed by atoms with van der Waals surface area (Å²) in [5.74, 6) is 2.80. The number of rotatable bonds is 10. The van der Waals surface area contributed by atoms with Crippen LogP contribution in [0.15, 0.2) is 23.3 Å². The Labute approximate surface area is 243 Å². The summed E-state index contributed by atoms with van der Waals surface area (Å²) in [4.78, 5) is 15.2. The van der Waals surface area contributed by atoms with E-state index in [4.69, 9.17) is 28.9 Å². The molecule has 0 aliphatic carbocycles. The maximum absolute atomic E-state index is 11.9. The van der Waals surface area contributed by atoms with Gasteiger partial charge in [-0.3, -0.25) is 4.90 Å². The summed E-state index contributed by atoms with van der Waals surface area (Å²) < 4.78 is 48.1. The van der Waals surface area contributed by atoms with Crippen molar-refractivity contribution in [2.45, 2.75) is 6.54 Å². The Morgan fingerprint density at radius 3 is 2.29 bits per heavy atom. The number of morpholine rings is 1. The lowest BCUT2D eigenvalue weighted by molar-refractivity contribution is 0.122. The van der Waals surface area contributed by atoms with E-state index in [2.05, 4.69) is 26.4 Å². The van der Waals surface area contributed by atoms with Crippen molar-refractivity contribution < 1.29 is 27.4 Å². The van der Waals surface area contributed by atoms with Crippen LogP contribution >= 0.6 is 11.3 Å². The van der Waals surface area contributed by atoms with Gasteiger partial charge in [-0.15, -0.1) is 11.3 Å². The Bertz CT molecular complexity index is 1470. The monoisotopic (exact) mass is 605 g/mol. The molecule has 41 heavy (non-hydrogen) atoms. The fourth-order valence-corrected chi connectivity index (χ4v) is 6.84. The summed E-state index contributed by atoms with van der Waals surface area (Å²) in [6, 6.07) is 5.69. The number of aromatic nitrogens is 2. The lowest BCUT2D eigenvalue weighted by Gasteiger charge is -2.32. The van der Waals surface area contributed by atoms with Gasteiger partial charge in [0.05, 0.1) is 57.2 Å². The molecule has 0 saturated carbocycles. The molecule has 0 amide bonds. The van der Waals surface area contributed by atoms with E-state index in [-0.39, 0.29) is 0 Å². The smallest absolute Gasteiger partial charge is 0.246 e. The van der Waals surface area contributed by atoms with Crippen molar-refractivity contribution in [3.63, 3.8) is 0 Å². The first-order valence-corrected chi connectivity index (χ1v) is 15.8. The standard InChI is InChI=1S/C26H35N7O6S2/c1-36-21-13-18(14-22(37-2)23(21)38-3)16-27-30-26-28-20-15-19(17-31-5-7-33(8-6-31)41(4,34)35)40-24(20)25(29-26)32-9-11-39-12-10-32/h13-16H,5-12,17H2,1-4H3,(H,28,29,30)/b27-16+. The number of hydrazone groups is 1. The third kappa shape index (κ3) is 6.81. The predicted octanol–water partition coefficient (Wildman–Crippen LogP) is 2.08. The van der Waals surface area contributed by atoms with Gasteiger partial charge in [-0.2, -0.15) is 14.4 Å². The Hall–Kier alpha value is -3.24. The number of thiophene rings is 1. The minimum Gasteiger partial charge on any atom is -0.493 e. The molecule has 3 aromatic rings. The highest BCUT2D eigenvalue weighted by Crippen LogP contribution is 2.38. The highest BCUT2D eigenvalue weighted by atomic mass is 32.2. The number of nitrogens with one attached hydrogen (secondary N) is 1. The quantitative estimate of drug-likeness (QED) is 0.269. The van der Waals surface area contributed by atoms with E-state index in [0.717, 1.165) is 46.1 Å². The molecule has 2 aromatic heterocycles. The number of benzene rings is 1. The van der Waals surface area contributed by atoms with E-state index in [1.165, 1.54) is 10.6 Å². The van der Waals surface area contributed by atoms with Crippen LogP contribution in [0.25, 0.3) is 10.2 Å². The van der Waals surface area contributed by atoms with Crippen LogP contribution in [0.4, 0.5) is 11.8 Å². The molecule has 15 heteroatoms. The Balaban J connectivity index is 1.37. The number of hydrogen-bond donors (Lipinski definition) is 1. The molecule has 0 bridgehead atoms. The third-order valence-corrected chi connectivity index (χ3v) is 9.37. The molecule has 5 rings (SSSR count). The van der Waals surface area contributed by atoms with Gasteiger partial charge in [0.1, 0.15) is 0 Å². The number of nitrogens with zero attached hydrogens (tertiary/aromatic N) is 6. The third-order valence-electron chi connectivity index (χ3n) is 6.96. The molecular formula is C26H35N7O6S2. The van der Waals surface area contributed by atoms with E-state index < -0.39 is 10.0 Å². The largest absolute Gasteiger partial charge is 0.493 e. The van der Waals surface area contributed by atoms with E-state index >= 15 is 0 Å². The Morgan fingerprint density at radius 2 is 1.68 bits per heavy atom. The molecule has 1 N–H and O–H groups in total. The molecule has 2 aliphatic heterocycles. The average Bonchev–Trinajstić information content (AvgIpc) is 3.38. The predicted molar refractivity (Wildman–Crippen MR) is 159 cm³/mol. The fourth-order valence-electron chi connectivity index (χ4n) is 4.86. The van der Waals surface area contributed by atoms with Crippen LogP contribution in [0.1, 0.15) is 10.4 Å². The van der Waals surface area contributed by atoms with Crippen LogP contribution in [0.5, 0.6) is 17.2 Å². The number of piperazine rings is 1. The van der Waals surface area contributed by atoms with Gasteiger partial charge in [-0.25, -0.2) is 18.8 Å². The van der Waals surface area contributed by atoms with Crippen molar-refractivity contribution in [1.29, 1.82) is 0 Å². The topological polar surface area (TPSA) is 131 Å². The zero-order valence-electron chi connectivity index (χ0n) is 23.6. The molecule has 0 unspecified atom stereocenters. The van der Waals surface area contributed by atoms with Crippen molar-refractivity contribution in [3.8, 4) is 17.2 Å². The number of methoxy groups -OCH3 is 3. The van der Waals surface area contributed by atoms with Crippen molar-refractivity contribution in [3.05, 3.63) is 28.6 Å². The molecule has 13 nitrogen and oxygen atoms in total. The van der Waals surface area contributed by atoms with Gasteiger partial charge in [0, 0.05) is 56.3 Å². The molecule has 0 atom stereocenters. The molecule has 222 valence electrons. The SMILES string of the molecule is COc1cc(/C=N/Nc2nc(N3CCOCC3)c3sc(CN4CCN(S(C)(=O)=O)CC4)cc3n2)cc(OC)c1OC. The summed E-state index contributed by atoms with van der Waals surface area (Å²) in [7, 11) is 1.53. The maximum atomic E-state index is 11.9. The minimum absolute atomic E-state index is 0.383. The lowest BCUT2D eigenvalue weighted by Crippen LogP contribution is -2.47. The van der Waals surface area contributed by atoms with Crippen molar-refractivity contribution in [2.24, 2.45) is 5.10 Å². The zero-order valence-corrected chi connectivity index (χ0v) is 25.3.